The minimum absolute atomic E-state index is 0.00466. The number of ether oxygens (including phenoxy) is 1. The number of phenols is 1. The summed E-state index contributed by atoms with van der Waals surface area (Å²) in [5, 5.41) is 9.71. The highest BCUT2D eigenvalue weighted by Gasteiger charge is 2.48. The number of phenolic OH excluding ortho intramolecular Hbond substituents is 1. The van der Waals surface area contributed by atoms with Crippen LogP contribution in [0.4, 0.5) is 10.1 Å². The SMILES string of the molecule is CC(=O)O[C@@H](CCC1C(=O)N(c2ccc(I)cc2)[C@@H]1c1ccc(O)cc1)c1ccc(F)cc1. The third-order valence-corrected chi connectivity index (χ3v) is 6.56. The lowest BCUT2D eigenvalue weighted by Crippen LogP contribution is -2.55. The summed E-state index contributed by atoms with van der Waals surface area (Å²) < 4.78 is 19.9. The van der Waals surface area contributed by atoms with Crippen molar-refractivity contribution in [1.29, 1.82) is 0 Å². The molecule has 4 rings (SSSR count). The van der Waals surface area contributed by atoms with Crippen LogP contribution in [-0.2, 0) is 14.3 Å². The minimum atomic E-state index is -0.566. The summed E-state index contributed by atoms with van der Waals surface area (Å²) in [6.07, 6.45) is 0.348. The highest BCUT2D eigenvalue weighted by atomic mass is 127. The molecule has 3 aromatic carbocycles. The molecule has 170 valence electrons. The summed E-state index contributed by atoms with van der Waals surface area (Å²) >= 11 is 2.22. The maximum atomic E-state index is 13.4. The molecule has 1 unspecified atom stereocenters. The number of halogens is 2. The van der Waals surface area contributed by atoms with Crippen molar-refractivity contribution in [1.82, 2.24) is 0 Å². The van der Waals surface area contributed by atoms with Gasteiger partial charge in [-0.1, -0.05) is 24.3 Å². The lowest BCUT2D eigenvalue weighted by Gasteiger charge is -2.48. The molecular weight excluding hydrogens is 536 g/mol. The van der Waals surface area contributed by atoms with E-state index >= 15 is 0 Å². The molecule has 0 aliphatic carbocycles. The van der Waals surface area contributed by atoms with Crippen LogP contribution in [0, 0.1) is 15.3 Å². The number of esters is 1. The van der Waals surface area contributed by atoms with Gasteiger partial charge in [0.1, 0.15) is 17.7 Å². The van der Waals surface area contributed by atoms with E-state index in [4.69, 9.17) is 4.74 Å². The Morgan fingerprint density at radius 2 is 1.70 bits per heavy atom. The number of hydrogen-bond acceptors (Lipinski definition) is 4. The molecule has 0 spiro atoms. The standard InChI is InChI=1S/C26H23FINO4/c1-16(30)33-24(17-2-6-19(27)7-3-17)15-14-23-25(18-4-12-22(31)13-5-18)29(26(23)32)21-10-8-20(28)9-11-21/h2-13,23-25,31H,14-15H2,1H3/t23?,24-,25+/m0/s1. The molecular formula is C26H23FINO4. The van der Waals surface area contributed by atoms with Gasteiger partial charge in [0, 0.05) is 16.2 Å². The molecule has 1 aliphatic heterocycles. The molecule has 33 heavy (non-hydrogen) atoms. The van der Waals surface area contributed by atoms with Crippen LogP contribution in [-0.4, -0.2) is 17.0 Å². The second-order valence-electron chi connectivity index (χ2n) is 8.05. The van der Waals surface area contributed by atoms with Gasteiger partial charge < -0.3 is 14.7 Å². The van der Waals surface area contributed by atoms with Crippen LogP contribution in [0.2, 0.25) is 0 Å². The van der Waals surface area contributed by atoms with Crippen molar-refractivity contribution >= 4 is 40.2 Å². The van der Waals surface area contributed by atoms with Crippen LogP contribution >= 0.6 is 22.6 Å². The van der Waals surface area contributed by atoms with E-state index in [-0.39, 0.29) is 29.4 Å². The second-order valence-corrected chi connectivity index (χ2v) is 9.30. The Bertz CT molecular complexity index is 1130. The van der Waals surface area contributed by atoms with Crippen LogP contribution in [0.3, 0.4) is 0 Å². The second kappa shape index (κ2) is 9.91. The van der Waals surface area contributed by atoms with E-state index in [1.807, 2.05) is 36.4 Å². The highest BCUT2D eigenvalue weighted by molar-refractivity contribution is 14.1. The van der Waals surface area contributed by atoms with Gasteiger partial charge in [0.25, 0.3) is 0 Å². The molecule has 3 aromatic rings. The summed E-state index contributed by atoms with van der Waals surface area (Å²) in [5.41, 5.74) is 2.42. The fraction of sp³-hybridized carbons (Fsp3) is 0.231. The van der Waals surface area contributed by atoms with Gasteiger partial charge >= 0.3 is 5.97 Å². The number of nitrogens with zero attached hydrogens (tertiary/aromatic N) is 1. The number of aromatic hydroxyl groups is 1. The van der Waals surface area contributed by atoms with Crippen LogP contribution in [0.15, 0.2) is 72.8 Å². The first-order valence-electron chi connectivity index (χ1n) is 10.6. The Labute approximate surface area is 205 Å². The molecule has 5 nitrogen and oxygen atoms in total. The van der Waals surface area contributed by atoms with Crippen molar-refractivity contribution < 1.29 is 23.8 Å². The third kappa shape index (κ3) is 5.19. The number of rotatable bonds is 7. The van der Waals surface area contributed by atoms with Gasteiger partial charge in [-0.05, 0) is 95.1 Å². The number of β-lactam (4-membered cyclic amide) rings is 1. The fourth-order valence-corrected chi connectivity index (χ4v) is 4.63. The zero-order chi connectivity index (χ0) is 23.5. The van der Waals surface area contributed by atoms with Crippen molar-refractivity contribution in [2.75, 3.05) is 4.90 Å². The lowest BCUT2D eigenvalue weighted by molar-refractivity contribution is -0.147. The Hall–Kier alpha value is -2.94. The maximum Gasteiger partial charge on any atom is 0.303 e. The number of benzene rings is 3. The molecule has 1 amide bonds. The summed E-state index contributed by atoms with van der Waals surface area (Å²) in [6, 6.07) is 20.3. The Morgan fingerprint density at radius 3 is 2.30 bits per heavy atom. The van der Waals surface area contributed by atoms with Gasteiger partial charge in [0.2, 0.25) is 5.91 Å². The number of amides is 1. The summed E-state index contributed by atoms with van der Waals surface area (Å²) in [6.45, 7) is 1.34. The van der Waals surface area contributed by atoms with Crippen molar-refractivity contribution in [3.63, 3.8) is 0 Å². The van der Waals surface area contributed by atoms with E-state index in [1.54, 1.807) is 29.2 Å². The van der Waals surface area contributed by atoms with Gasteiger partial charge in [-0.3, -0.25) is 9.59 Å². The fourth-order valence-electron chi connectivity index (χ4n) is 4.27. The van der Waals surface area contributed by atoms with Gasteiger partial charge in [0.15, 0.2) is 0 Å². The van der Waals surface area contributed by atoms with Crippen molar-refractivity contribution in [3.05, 3.63) is 93.3 Å². The number of hydrogen-bond donors (Lipinski definition) is 1. The first-order chi connectivity index (χ1) is 15.8. The van der Waals surface area contributed by atoms with Crippen LogP contribution in [0.25, 0.3) is 0 Å². The molecule has 1 saturated heterocycles. The highest BCUT2D eigenvalue weighted by Crippen LogP contribution is 2.46. The number of carbonyl (C=O) groups is 2. The Kier molecular flexibility index (Phi) is 6.97. The van der Waals surface area contributed by atoms with Crippen LogP contribution < -0.4 is 4.90 Å². The molecule has 0 aromatic heterocycles. The summed E-state index contributed by atoms with van der Waals surface area (Å²) in [7, 11) is 0. The smallest absolute Gasteiger partial charge is 0.303 e. The molecule has 7 heteroatoms. The molecule has 0 bridgehead atoms. The minimum Gasteiger partial charge on any atom is -0.508 e. The zero-order valence-electron chi connectivity index (χ0n) is 17.9. The van der Waals surface area contributed by atoms with Crippen LogP contribution in [0.5, 0.6) is 5.75 Å². The number of carbonyl (C=O) groups excluding carboxylic acids is 2. The maximum absolute atomic E-state index is 13.4. The molecule has 3 atom stereocenters. The molecule has 1 fully saturated rings. The van der Waals surface area contributed by atoms with Gasteiger partial charge in [-0.2, -0.15) is 0 Å². The largest absolute Gasteiger partial charge is 0.508 e. The van der Waals surface area contributed by atoms with E-state index < -0.39 is 12.1 Å². The van der Waals surface area contributed by atoms with Gasteiger partial charge in [0.05, 0.1) is 12.0 Å². The zero-order valence-corrected chi connectivity index (χ0v) is 20.1. The molecule has 0 saturated carbocycles. The topological polar surface area (TPSA) is 66.8 Å². The van der Waals surface area contributed by atoms with E-state index in [1.165, 1.54) is 19.1 Å². The lowest BCUT2D eigenvalue weighted by atomic mass is 9.78. The molecule has 1 N–H and O–H groups in total. The molecule has 1 heterocycles. The Morgan fingerprint density at radius 1 is 1.06 bits per heavy atom. The molecule has 1 aliphatic rings. The first kappa shape index (κ1) is 23.2. The van der Waals surface area contributed by atoms with Crippen molar-refractivity contribution in [2.24, 2.45) is 5.92 Å². The normalized spacial score (nSPS) is 18.5. The van der Waals surface area contributed by atoms with Crippen molar-refractivity contribution in [2.45, 2.75) is 31.9 Å². The summed E-state index contributed by atoms with van der Waals surface area (Å²) in [4.78, 5) is 26.7. The predicted molar refractivity (Wildman–Crippen MR) is 131 cm³/mol. The number of anilines is 1. The van der Waals surface area contributed by atoms with Crippen molar-refractivity contribution in [3.8, 4) is 5.75 Å². The first-order valence-corrected chi connectivity index (χ1v) is 11.7. The predicted octanol–water partition coefficient (Wildman–Crippen LogP) is 5.92. The average Bonchev–Trinajstić information content (AvgIpc) is 2.79. The van der Waals surface area contributed by atoms with Gasteiger partial charge in [-0.25, -0.2) is 4.39 Å². The average molecular weight is 559 g/mol. The Balaban J connectivity index is 1.58. The van der Waals surface area contributed by atoms with Crippen LogP contribution in [0.1, 0.15) is 43.0 Å². The molecule has 0 radical (unpaired) electrons. The van der Waals surface area contributed by atoms with E-state index in [2.05, 4.69) is 22.6 Å². The van der Waals surface area contributed by atoms with E-state index in [0.717, 1.165) is 14.8 Å². The monoisotopic (exact) mass is 559 g/mol. The quantitative estimate of drug-likeness (QED) is 0.222. The van der Waals surface area contributed by atoms with E-state index in [0.29, 0.717) is 18.4 Å². The van der Waals surface area contributed by atoms with E-state index in [9.17, 15) is 19.1 Å². The summed E-state index contributed by atoms with van der Waals surface area (Å²) in [5.74, 6) is -0.954. The van der Waals surface area contributed by atoms with Gasteiger partial charge in [-0.15, -0.1) is 0 Å². The third-order valence-electron chi connectivity index (χ3n) is 5.84.